The molecule has 2 aromatic rings. The van der Waals surface area contributed by atoms with E-state index in [4.69, 9.17) is 0 Å². The number of halogens is 1. The summed E-state index contributed by atoms with van der Waals surface area (Å²) in [7, 11) is -3.53. The van der Waals surface area contributed by atoms with Gasteiger partial charge in [-0.15, -0.1) is 24.0 Å². The third-order valence-electron chi connectivity index (χ3n) is 4.24. The first-order valence-corrected chi connectivity index (χ1v) is 11.2. The van der Waals surface area contributed by atoms with Gasteiger partial charge in [-0.05, 0) is 38.0 Å². The number of aryl methyl sites for hydroxylation is 1. The SMILES string of the molecule is CCNC(=NCCC(O)c1ccccc1)NCCNS(=O)(=O)c1ccc(C)cc1.I. The highest BCUT2D eigenvalue weighted by molar-refractivity contribution is 14.0. The first kappa shape index (κ1) is 26.3. The number of hydrogen-bond donors (Lipinski definition) is 4. The second kappa shape index (κ2) is 13.6. The second-order valence-electron chi connectivity index (χ2n) is 6.61. The van der Waals surface area contributed by atoms with Crippen LogP contribution in [0.25, 0.3) is 0 Å². The number of benzene rings is 2. The molecule has 9 heteroatoms. The molecule has 2 aromatic carbocycles. The fraction of sp³-hybridized carbons (Fsp3) is 0.381. The fourth-order valence-electron chi connectivity index (χ4n) is 2.65. The minimum Gasteiger partial charge on any atom is -0.388 e. The van der Waals surface area contributed by atoms with E-state index < -0.39 is 16.1 Å². The maximum absolute atomic E-state index is 12.3. The molecule has 166 valence electrons. The molecule has 0 radical (unpaired) electrons. The largest absolute Gasteiger partial charge is 0.388 e. The van der Waals surface area contributed by atoms with Gasteiger partial charge in [0.15, 0.2) is 5.96 Å². The van der Waals surface area contributed by atoms with Crippen LogP contribution in [0.3, 0.4) is 0 Å². The van der Waals surface area contributed by atoms with Crippen molar-refractivity contribution in [3.8, 4) is 0 Å². The summed E-state index contributed by atoms with van der Waals surface area (Å²) in [5.41, 5.74) is 1.88. The minimum atomic E-state index is -3.53. The van der Waals surface area contributed by atoms with Crippen LogP contribution in [-0.2, 0) is 10.0 Å². The Morgan fingerprint density at radius 2 is 1.70 bits per heavy atom. The third-order valence-corrected chi connectivity index (χ3v) is 5.72. The molecule has 4 N–H and O–H groups in total. The van der Waals surface area contributed by atoms with Crippen LogP contribution in [-0.4, -0.2) is 45.7 Å². The number of sulfonamides is 1. The Kier molecular flexibility index (Phi) is 11.9. The van der Waals surface area contributed by atoms with Crippen molar-refractivity contribution in [2.75, 3.05) is 26.2 Å². The molecule has 0 aliphatic carbocycles. The molecule has 0 bridgehead atoms. The lowest BCUT2D eigenvalue weighted by Gasteiger charge is -2.13. The Bertz CT molecular complexity index is 875. The Hall–Kier alpha value is -1.69. The topological polar surface area (TPSA) is 103 Å². The van der Waals surface area contributed by atoms with Crippen molar-refractivity contribution in [3.63, 3.8) is 0 Å². The van der Waals surface area contributed by atoms with Gasteiger partial charge in [0.05, 0.1) is 11.0 Å². The average Bonchev–Trinajstić information content (AvgIpc) is 2.72. The number of hydrogen-bond acceptors (Lipinski definition) is 4. The number of aliphatic hydroxyl groups is 1. The normalized spacial score (nSPS) is 12.7. The number of guanidine groups is 1. The predicted octanol–water partition coefficient (Wildman–Crippen LogP) is 2.57. The Labute approximate surface area is 196 Å². The second-order valence-corrected chi connectivity index (χ2v) is 8.38. The van der Waals surface area contributed by atoms with Gasteiger partial charge in [-0.1, -0.05) is 48.0 Å². The lowest BCUT2D eigenvalue weighted by atomic mass is 10.1. The maximum Gasteiger partial charge on any atom is 0.240 e. The highest BCUT2D eigenvalue weighted by Crippen LogP contribution is 2.15. The molecule has 0 spiro atoms. The maximum atomic E-state index is 12.3. The van der Waals surface area contributed by atoms with E-state index in [9.17, 15) is 13.5 Å². The van der Waals surface area contributed by atoms with E-state index in [2.05, 4.69) is 20.3 Å². The molecule has 30 heavy (non-hydrogen) atoms. The van der Waals surface area contributed by atoms with E-state index in [1.54, 1.807) is 24.3 Å². The number of nitrogens with zero attached hydrogens (tertiary/aromatic N) is 1. The van der Waals surface area contributed by atoms with Gasteiger partial charge in [-0.3, -0.25) is 4.99 Å². The summed E-state index contributed by atoms with van der Waals surface area (Å²) in [5, 5.41) is 16.4. The highest BCUT2D eigenvalue weighted by Gasteiger charge is 2.12. The van der Waals surface area contributed by atoms with Crippen molar-refractivity contribution < 1.29 is 13.5 Å². The molecular formula is C21H31IN4O3S. The van der Waals surface area contributed by atoms with E-state index in [-0.39, 0.29) is 35.4 Å². The summed E-state index contributed by atoms with van der Waals surface area (Å²) in [5.74, 6) is 0.585. The van der Waals surface area contributed by atoms with Crippen LogP contribution >= 0.6 is 24.0 Å². The number of aliphatic imine (C=N–C) groups is 1. The molecule has 0 aromatic heterocycles. The fourth-order valence-corrected chi connectivity index (χ4v) is 3.68. The number of aliphatic hydroxyl groups excluding tert-OH is 1. The van der Waals surface area contributed by atoms with Crippen LogP contribution in [0.15, 0.2) is 64.5 Å². The molecular weight excluding hydrogens is 515 g/mol. The molecule has 2 rings (SSSR count). The molecule has 0 saturated heterocycles. The van der Waals surface area contributed by atoms with Crippen LogP contribution in [0.5, 0.6) is 0 Å². The predicted molar refractivity (Wildman–Crippen MR) is 132 cm³/mol. The zero-order valence-electron chi connectivity index (χ0n) is 17.3. The van der Waals surface area contributed by atoms with Gasteiger partial charge in [-0.25, -0.2) is 13.1 Å². The lowest BCUT2D eigenvalue weighted by Crippen LogP contribution is -2.41. The Morgan fingerprint density at radius 3 is 2.33 bits per heavy atom. The zero-order chi connectivity index (χ0) is 21.1. The van der Waals surface area contributed by atoms with Gasteiger partial charge in [0.2, 0.25) is 10.0 Å². The van der Waals surface area contributed by atoms with Gasteiger partial charge in [0.1, 0.15) is 0 Å². The summed E-state index contributed by atoms with van der Waals surface area (Å²) in [6.45, 7) is 5.61. The molecule has 0 fully saturated rings. The third kappa shape index (κ3) is 8.99. The Morgan fingerprint density at radius 1 is 1.03 bits per heavy atom. The van der Waals surface area contributed by atoms with E-state index in [1.807, 2.05) is 44.2 Å². The summed E-state index contributed by atoms with van der Waals surface area (Å²) in [6.07, 6.45) is -0.0650. The van der Waals surface area contributed by atoms with E-state index in [1.165, 1.54) is 0 Å². The zero-order valence-corrected chi connectivity index (χ0v) is 20.5. The Balaban J connectivity index is 0.00000450. The molecule has 0 aliphatic heterocycles. The van der Waals surface area contributed by atoms with Crippen molar-refractivity contribution >= 4 is 40.0 Å². The van der Waals surface area contributed by atoms with E-state index >= 15 is 0 Å². The minimum absolute atomic E-state index is 0. The molecule has 0 aliphatic rings. The van der Waals surface area contributed by atoms with Crippen molar-refractivity contribution in [2.45, 2.75) is 31.3 Å². The van der Waals surface area contributed by atoms with Gasteiger partial charge in [-0.2, -0.15) is 0 Å². The number of nitrogens with one attached hydrogen (secondary N) is 3. The first-order chi connectivity index (χ1) is 13.9. The van der Waals surface area contributed by atoms with Gasteiger partial charge < -0.3 is 15.7 Å². The lowest BCUT2D eigenvalue weighted by molar-refractivity contribution is 0.170. The monoisotopic (exact) mass is 546 g/mol. The molecule has 0 saturated carbocycles. The quantitative estimate of drug-likeness (QED) is 0.159. The molecule has 1 unspecified atom stereocenters. The summed E-state index contributed by atoms with van der Waals surface area (Å²) in [6, 6.07) is 16.2. The van der Waals surface area contributed by atoms with Crippen molar-refractivity contribution in [2.24, 2.45) is 4.99 Å². The van der Waals surface area contributed by atoms with Gasteiger partial charge in [0.25, 0.3) is 0 Å². The smallest absolute Gasteiger partial charge is 0.240 e. The van der Waals surface area contributed by atoms with Gasteiger partial charge >= 0.3 is 0 Å². The molecule has 0 heterocycles. The molecule has 0 amide bonds. The summed E-state index contributed by atoms with van der Waals surface area (Å²) < 4.78 is 27.1. The van der Waals surface area contributed by atoms with Crippen LogP contribution in [0.1, 0.15) is 30.6 Å². The van der Waals surface area contributed by atoms with Gasteiger partial charge in [0, 0.05) is 26.2 Å². The number of rotatable bonds is 10. The van der Waals surface area contributed by atoms with Crippen molar-refractivity contribution in [1.29, 1.82) is 0 Å². The standard InChI is InChI=1S/C21H30N4O3S.HI/c1-3-22-21(23-14-13-20(26)18-7-5-4-6-8-18)24-15-16-25-29(27,28)19-11-9-17(2)10-12-19;/h4-12,20,25-26H,3,13-16H2,1-2H3,(H2,22,23,24);1H. The molecule has 1 atom stereocenters. The van der Waals surface area contributed by atoms with E-state index in [0.29, 0.717) is 32.0 Å². The molecule has 7 nitrogen and oxygen atoms in total. The van der Waals surface area contributed by atoms with E-state index in [0.717, 1.165) is 11.1 Å². The average molecular weight is 546 g/mol. The van der Waals surface area contributed by atoms with Crippen LogP contribution in [0, 0.1) is 6.92 Å². The first-order valence-electron chi connectivity index (χ1n) is 9.74. The van der Waals surface area contributed by atoms with Crippen LogP contribution < -0.4 is 15.4 Å². The van der Waals surface area contributed by atoms with Crippen LogP contribution in [0.2, 0.25) is 0 Å². The summed E-state index contributed by atoms with van der Waals surface area (Å²) in [4.78, 5) is 4.69. The summed E-state index contributed by atoms with van der Waals surface area (Å²) >= 11 is 0. The van der Waals surface area contributed by atoms with Crippen molar-refractivity contribution in [3.05, 3.63) is 65.7 Å². The van der Waals surface area contributed by atoms with Crippen LogP contribution in [0.4, 0.5) is 0 Å². The van der Waals surface area contributed by atoms with Crippen molar-refractivity contribution in [1.82, 2.24) is 15.4 Å². The highest BCUT2D eigenvalue weighted by atomic mass is 127.